The van der Waals surface area contributed by atoms with Crippen molar-refractivity contribution in [3.63, 3.8) is 0 Å². The first-order chi connectivity index (χ1) is 12.7. The number of piperidine rings is 1. The average molecular weight is 379 g/mol. The molecule has 0 unspecified atom stereocenters. The molecule has 1 fully saturated rings. The van der Waals surface area contributed by atoms with Crippen LogP contribution in [0.15, 0.2) is 30.3 Å². The van der Waals surface area contributed by atoms with Crippen molar-refractivity contribution in [1.82, 2.24) is 14.9 Å². The molecule has 144 valence electrons. The molecule has 1 aliphatic heterocycles. The number of hydrogen-bond donors (Lipinski definition) is 0. The van der Waals surface area contributed by atoms with Crippen molar-refractivity contribution in [2.24, 2.45) is 0 Å². The van der Waals surface area contributed by atoms with Gasteiger partial charge in [-0.05, 0) is 51.0 Å². The topological polar surface area (TPSA) is 55.3 Å². The van der Waals surface area contributed by atoms with E-state index in [0.29, 0.717) is 13.0 Å². The van der Waals surface area contributed by atoms with Crippen molar-refractivity contribution in [3.05, 3.63) is 52.8 Å². The lowest BCUT2D eigenvalue weighted by atomic mass is 10.1. The molecule has 1 saturated heterocycles. The van der Waals surface area contributed by atoms with Crippen molar-refractivity contribution in [2.75, 3.05) is 13.1 Å². The molecule has 0 aliphatic carbocycles. The van der Waals surface area contributed by atoms with E-state index < -0.39 is 17.6 Å². The Labute approximate surface area is 155 Å². The first-order valence-corrected chi connectivity index (χ1v) is 8.68. The number of hydrogen-bond acceptors (Lipinski definition) is 4. The Hall–Kier alpha value is -2.64. The summed E-state index contributed by atoms with van der Waals surface area (Å²) in [6, 6.07) is 6.57. The molecular formula is C19H20F3N3O2. The van der Waals surface area contributed by atoms with E-state index in [0.717, 1.165) is 29.9 Å². The first kappa shape index (κ1) is 19.1. The summed E-state index contributed by atoms with van der Waals surface area (Å²) in [7, 11) is 0. The van der Waals surface area contributed by atoms with E-state index in [1.165, 1.54) is 17.0 Å². The molecule has 1 aliphatic rings. The second-order valence-electron chi connectivity index (χ2n) is 6.65. The van der Waals surface area contributed by atoms with Gasteiger partial charge in [0.05, 0.1) is 12.1 Å². The number of likely N-dealkylation sites (tertiary alicyclic amines) is 1. The molecule has 1 aromatic carbocycles. The SMILES string of the molecule is Cc1cc(C)nc(O[C@H]2CCCN(C(=O)c3cccc(C(F)(F)F)c3)C2)n1. The second-order valence-corrected chi connectivity index (χ2v) is 6.65. The van der Waals surface area contributed by atoms with Gasteiger partial charge in [0.2, 0.25) is 0 Å². The zero-order chi connectivity index (χ0) is 19.6. The number of halogens is 3. The molecular weight excluding hydrogens is 359 g/mol. The number of amides is 1. The Kier molecular flexibility index (Phi) is 5.34. The third-order valence-corrected chi connectivity index (χ3v) is 4.34. The molecule has 0 saturated carbocycles. The summed E-state index contributed by atoms with van der Waals surface area (Å²) in [5.74, 6) is -0.434. The molecule has 1 atom stereocenters. The van der Waals surface area contributed by atoms with Gasteiger partial charge >= 0.3 is 12.2 Å². The van der Waals surface area contributed by atoms with Crippen LogP contribution in [0, 0.1) is 13.8 Å². The van der Waals surface area contributed by atoms with E-state index in [9.17, 15) is 18.0 Å². The number of alkyl halides is 3. The van der Waals surface area contributed by atoms with E-state index in [1.807, 2.05) is 19.9 Å². The van der Waals surface area contributed by atoms with Crippen molar-refractivity contribution in [3.8, 4) is 6.01 Å². The predicted octanol–water partition coefficient (Wildman–Crippen LogP) is 3.80. The number of ether oxygens (including phenoxy) is 1. The number of rotatable bonds is 3. The molecule has 0 spiro atoms. The lowest BCUT2D eigenvalue weighted by Gasteiger charge is -2.32. The van der Waals surface area contributed by atoms with E-state index in [-0.39, 0.29) is 24.2 Å². The fourth-order valence-corrected chi connectivity index (χ4v) is 3.13. The largest absolute Gasteiger partial charge is 0.458 e. The van der Waals surface area contributed by atoms with Crippen molar-refractivity contribution >= 4 is 5.91 Å². The van der Waals surface area contributed by atoms with Gasteiger partial charge in [0.15, 0.2) is 0 Å². The minimum Gasteiger partial charge on any atom is -0.458 e. The van der Waals surface area contributed by atoms with Crippen LogP contribution in [0.25, 0.3) is 0 Å². The highest BCUT2D eigenvalue weighted by atomic mass is 19.4. The van der Waals surface area contributed by atoms with E-state index >= 15 is 0 Å². The summed E-state index contributed by atoms with van der Waals surface area (Å²) in [6.45, 7) is 4.44. The lowest BCUT2D eigenvalue weighted by Crippen LogP contribution is -2.44. The Bertz CT molecular complexity index is 819. The normalized spacial score (nSPS) is 17.7. The maximum absolute atomic E-state index is 12.9. The molecule has 1 aromatic heterocycles. The molecule has 8 heteroatoms. The highest BCUT2D eigenvalue weighted by molar-refractivity contribution is 5.94. The van der Waals surface area contributed by atoms with Gasteiger partial charge in [0, 0.05) is 23.5 Å². The molecule has 3 rings (SSSR count). The van der Waals surface area contributed by atoms with Crippen LogP contribution in [0.3, 0.4) is 0 Å². The number of nitrogens with zero attached hydrogens (tertiary/aromatic N) is 3. The van der Waals surface area contributed by atoms with Crippen LogP contribution in [0.2, 0.25) is 0 Å². The fraction of sp³-hybridized carbons (Fsp3) is 0.421. The van der Waals surface area contributed by atoms with Crippen LogP contribution < -0.4 is 4.74 Å². The highest BCUT2D eigenvalue weighted by Gasteiger charge is 2.32. The molecule has 0 N–H and O–H groups in total. The molecule has 5 nitrogen and oxygen atoms in total. The number of aryl methyl sites for hydroxylation is 2. The Morgan fingerprint density at radius 2 is 1.89 bits per heavy atom. The lowest BCUT2D eigenvalue weighted by molar-refractivity contribution is -0.137. The summed E-state index contributed by atoms with van der Waals surface area (Å²) in [4.78, 5) is 22.6. The summed E-state index contributed by atoms with van der Waals surface area (Å²) in [6.07, 6.45) is -3.36. The highest BCUT2D eigenvalue weighted by Crippen LogP contribution is 2.30. The van der Waals surface area contributed by atoms with E-state index in [2.05, 4.69) is 9.97 Å². The number of aromatic nitrogens is 2. The summed E-state index contributed by atoms with van der Waals surface area (Å²) < 4.78 is 44.5. The fourth-order valence-electron chi connectivity index (χ4n) is 3.13. The smallest absolute Gasteiger partial charge is 0.416 e. The van der Waals surface area contributed by atoms with Gasteiger partial charge in [0.1, 0.15) is 6.10 Å². The molecule has 1 amide bonds. The van der Waals surface area contributed by atoms with Crippen LogP contribution >= 0.6 is 0 Å². The Morgan fingerprint density at radius 3 is 2.56 bits per heavy atom. The van der Waals surface area contributed by atoms with E-state index in [1.54, 1.807) is 0 Å². The van der Waals surface area contributed by atoms with Crippen LogP contribution in [0.5, 0.6) is 6.01 Å². The summed E-state index contributed by atoms with van der Waals surface area (Å²) in [5, 5.41) is 0. The summed E-state index contributed by atoms with van der Waals surface area (Å²) >= 11 is 0. The molecule has 0 radical (unpaired) electrons. The van der Waals surface area contributed by atoms with Crippen molar-refractivity contribution in [2.45, 2.75) is 39.0 Å². The van der Waals surface area contributed by atoms with Crippen LogP contribution in [-0.2, 0) is 6.18 Å². The molecule has 0 bridgehead atoms. The maximum atomic E-state index is 12.9. The third kappa shape index (κ3) is 4.75. The van der Waals surface area contributed by atoms with Crippen molar-refractivity contribution < 1.29 is 22.7 Å². The van der Waals surface area contributed by atoms with E-state index in [4.69, 9.17) is 4.74 Å². The van der Waals surface area contributed by atoms with Crippen LogP contribution in [0.4, 0.5) is 13.2 Å². The number of benzene rings is 1. The maximum Gasteiger partial charge on any atom is 0.416 e. The average Bonchev–Trinajstić information content (AvgIpc) is 2.60. The van der Waals surface area contributed by atoms with Gasteiger partial charge in [-0.25, -0.2) is 9.97 Å². The van der Waals surface area contributed by atoms with Gasteiger partial charge in [0.25, 0.3) is 5.91 Å². The van der Waals surface area contributed by atoms with Crippen molar-refractivity contribution in [1.29, 1.82) is 0 Å². The molecule has 2 heterocycles. The zero-order valence-electron chi connectivity index (χ0n) is 15.1. The second kappa shape index (κ2) is 7.54. The monoisotopic (exact) mass is 379 g/mol. The van der Waals surface area contributed by atoms with Crippen LogP contribution in [0.1, 0.15) is 40.2 Å². The first-order valence-electron chi connectivity index (χ1n) is 8.68. The van der Waals surface area contributed by atoms with Gasteiger partial charge in [-0.2, -0.15) is 13.2 Å². The Balaban J connectivity index is 1.71. The van der Waals surface area contributed by atoms with Gasteiger partial charge in [-0.1, -0.05) is 6.07 Å². The Morgan fingerprint density at radius 1 is 1.19 bits per heavy atom. The quantitative estimate of drug-likeness (QED) is 0.814. The van der Waals surface area contributed by atoms with Gasteiger partial charge in [-0.15, -0.1) is 0 Å². The van der Waals surface area contributed by atoms with Crippen LogP contribution in [-0.4, -0.2) is 40.0 Å². The molecule has 27 heavy (non-hydrogen) atoms. The zero-order valence-corrected chi connectivity index (χ0v) is 15.1. The predicted molar refractivity (Wildman–Crippen MR) is 92.5 cm³/mol. The third-order valence-electron chi connectivity index (χ3n) is 4.34. The minimum atomic E-state index is -4.48. The number of carbonyl (C=O) groups is 1. The summed E-state index contributed by atoms with van der Waals surface area (Å²) in [5.41, 5.74) is 0.755. The molecule has 2 aromatic rings. The van der Waals surface area contributed by atoms with Gasteiger partial charge < -0.3 is 9.64 Å². The minimum absolute atomic E-state index is 0.0214. The standard InChI is InChI=1S/C19H20F3N3O2/c1-12-9-13(2)24-18(23-12)27-16-7-4-8-25(11-16)17(26)14-5-3-6-15(10-14)19(20,21)22/h3,5-6,9-10,16H,4,7-8,11H2,1-2H3/t16-/m0/s1. The number of carbonyl (C=O) groups excluding carboxylic acids is 1. The van der Waals surface area contributed by atoms with Gasteiger partial charge in [-0.3, -0.25) is 4.79 Å².